The summed E-state index contributed by atoms with van der Waals surface area (Å²) in [5.41, 5.74) is 10.2. The number of hydrogen-bond donors (Lipinski definition) is 0. The van der Waals surface area contributed by atoms with Crippen molar-refractivity contribution in [3.05, 3.63) is 93.0 Å². The van der Waals surface area contributed by atoms with Gasteiger partial charge in [0, 0.05) is 11.5 Å². The van der Waals surface area contributed by atoms with Crippen molar-refractivity contribution in [2.24, 2.45) is 0 Å². The maximum absolute atomic E-state index is 5.75. The second-order valence-corrected chi connectivity index (χ2v) is 7.50. The first-order valence-electron chi connectivity index (χ1n) is 9.74. The Kier molecular flexibility index (Phi) is 5.79. The number of methoxy groups -OCH3 is 2. The summed E-state index contributed by atoms with van der Waals surface area (Å²) in [6.45, 7) is 10.9. The van der Waals surface area contributed by atoms with Crippen LogP contribution in [0.1, 0.15) is 50.4 Å². The van der Waals surface area contributed by atoms with Gasteiger partial charge in [-0.1, -0.05) is 36.4 Å². The minimum Gasteiger partial charge on any atom is -0.496 e. The quantitative estimate of drug-likeness (QED) is 0.479. The summed E-state index contributed by atoms with van der Waals surface area (Å²) in [5.74, 6) is 1.94. The molecule has 0 saturated carbocycles. The smallest absolute Gasteiger partial charge is 0.123 e. The summed E-state index contributed by atoms with van der Waals surface area (Å²) >= 11 is 0. The Balaban J connectivity index is 2.34. The average Bonchev–Trinajstić information content (AvgIpc) is 2.71. The van der Waals surface area contributed by atoms with Gasteiger partial charge in [0.2, 0.25) is 0 Å². The van der Waals surface area contributed by atoms with Crippen molar-refractivity contribution < 1.29 is 9.47 Å². The van der Waals surface area contributed by atoms with Crippen LogP contribution in [0.3, 0.4) is 0 Å². The van der Waals surface area contributed by atoms with Crippen LogP contribution in [0.4, 0.5) is 0 Å². The predicted octanol–water partition coefficient (Wildman–Crippen LogP) is 6.43. The van der Waals surface area contributed by atoms with Gasteiger partial charge in [0.15, 0.2) is 0 Å². The number of hydrogen-bond acceptors (Lipinski definition) is 2. The molecule has 0 heterocycles. The van der Waals surface area contributed by atoms with E-state index >= 15 is 0 Å². The van der Waals surface area contributed by atoms with Crippen LogP contribution in [0, 0.1) is 34.6 Å². The van der Waals surface area contributed by atoms with E-state index in [0.717, 1.165) is 11.5 Å². The molecule has 0 fully saturated rings. The summed E-state index contributed by atoms with van der Waals surface area (Å²) in [7, 11) is 3.47. The SMILES string of the molecule is COc1ccccc1C(c1ccc(C)c(C)c1C)c1ccc(OC)c(C)c1C. The number of benzene rings is 3. The fourth-order valence-corrected chi connectivity index (χ4v) is 4.05. The molecule has 1 unspecified atom stereocenters. The van der Waals surface area contributed by atoms with Crippen LogP contribution >= 0.6 is 0 Å². The molecule has 0 radical (unpaired) electrons. The van der Waals surface area contributed by atoms with Crippen molar-refractivity contribution in [3.8, 4) is 11.5 Å². The van der Waals surface area contributed by atoms with Crippen molar-refractivity contribution in [2.75, 3.05) is 14.2 Å². The van der Waals surface area contributed by atoms with E-state index in [1.165, 1.54) is 44.5 Å². The minimum atomic E-state index is 0.0973. The summed E-state index contributed by atoms with van der Waals surface area (Å²) < 4.78 is 11.3. The minimum absolute atomic E-state index is 0.0973. The second kappa shape index (κ2) is 8.10. The summed E-state index contributed by atoms with van der Waals surface area (Å²) in [6, 6.07) is 17.1. The first-order chi connectivity index (χ1) is 13.4. The Morgan fingerprint density at radius 3 is 1.75 bits per heavy atom. The molecule has 0 spiro atoms. The Hall–Kier alpha value is -2.74. The standard InChI is InChI=1S/C26H30O2/c1-16-12-13-21(18(3)17(16)2)26(23-10-8-9-11-25(23)28-7)22-14-15-24(27-6)20(5)19(22)4/h8-15,26H,1-7H3. The molecule has 2 nitrogen and oxygen atoms in total. The van der Waals surface area contributed by atoms with Gasteiger partial charge in [-0.05, 0) is 85.7 Å². The Bertz CT molecular complexity index is 1000. The zero-order valence-electron chi connectivity index (χ0n) is 18.0. The lowest BCUT2D eigenvalue weighted by Crippen LogP contribution is -2.11. The Morgan fingerprint density at radius 1 is 0.536 bits per heavy atom. The van der Waals surface area contributed by atoms with Gasteiger partial charge in [0.1, 0.15) is 11.5 Å². The van der Waals surface area contributed by atoms with Crippen LogP contribution in [0.2, 0.25) is 0 Å². The van der Waals surface area contributed by atoms with Crippen LogP contribution in [0.5, 0.6) is 11.5 Å². The molecule has 0 aromatic heterocycles. The zero-order valence-corrected chi connectivity index (χ0v) is 18.0. The Labute approximate surface area is 169 Å². The van der Waals surface area contributed by atoms with Gasteiger partial charge >= 0.3 is 0 Å². The third-order valence-corrected chi connectivity index (χ3v) is 6.17. The van der Waals surface area contributed by atoms with Crippen LogP contribution in [-0.4, -0.2) is 14.2 Å². The average molecular weight is 375 g/mol. The summed E-state index contributed by atoms with van der Waals surface area (Å²) in [5, 5.41) is 0. The second-order valence-electron chi connectivity index (χ2n) is 7.50. The van der Waals surface area contributed by atoms with E-state index in [0.29, 0.717) is 0 Å². The van der Waals surface area contributed by atoms with Gasteiger partial charge in [-0.2, -0.15) is 0 Å². The zero-order chi connectivity index (χ0) is 20.4. The summed E-state index contributed by atoms with van der Waals surface area (Å²) in [6.07, 6.45) is 0. The van der Waals surface area contributed by atoms with Gasteiger partial charge in [-0.15, -0.1) is 0 Å². The molecule has 0 aliphatic rings. The molecular weight excluding hydrogens is 344 g/mol. The van der Waals surface area contributed by atoms with E-state index in [2.05, 4.69) is 71.0 Å². The summed E-state index contributed by atoms with van der Waals surface area (Å²) in [4.78, 5) is 0. The number of rotatable bonds is 5. The third-order valence-electron chi connectivity index (χ3n) is 6.17. The first kappa shape index (κ1) is 20.0. The topological polar surface area (TPSA) is 18.5 Å². The molecule has 0 N–H and O–H groups in total. The molecule has 1 atom stereocenters. The first-order valence-corrected chi connectivity index (χ1v) is 9.74. The third kappa shape index (κ3) is 3.40. The van der Waals surface area contributed by atoms with E-state index < -0.39 is 0 Å². The Morgan fingerprint density at radius 2 is 1.11 bits per heavy atom. The molecular formula is C26H30O2. The van der Waals surface area contributed by atoms with Crippen molar-refractivity contribution in [3.63, 3.8) is 0 Å². The van der Waals surface area contributed by atoms with E-state index in [-0.39, 0.29) is 5.92 Å². The maximum Gasteiger partial charge on any atom is 0.123 e. The molecule has 146 valence electrons. The lowest BCUT2D eigenvalue weighted by atomic mass is 9.78. The van der Waals surface area contributed by atoms with E-state index in [9.17, 15) is 0 Å². The molecule has 0 aliphatic carbocycles. The number of para-hydroxylation sites is 1. The van der Waals surface area contributed by atoms with Crippen LogP contribution in [0.25, 0.3) is 0 Å². The highest BCUT2D eigenvalue weighted by Crippen LogP contribution is 2.42. The van der Waals surface area contributed by atoms with Crippen LogP contribution in [-0.2, 0) is 0 Å². The molecule has 0 saturated heterocycles. The normalized spacial score (nSPS) is 12.0. The molecule has 2 heteroatoms. The van der Waals surface area contributed by atoms with E-state index in [4.69, 9.17) is 9.47 Å². The van der Waals surface area contributed by atoms with Crippen molar-refractivity contribution in [1.82, 2.24) is 0 Å². The molecule has 3 aromatic rings. The van der Waals surface area contributed by atoms with Crippen molar-refractivity contribution in [2.45, 2.75) is 40.5 Å². The van der Waals surface area contributed by atoms with Crippen molar-refractivity contribution >= 4 is 0 Å². The van der Waals surface area contributed by atoms with Gasteiger partial charge in [0.25, 0.3) is 0 Å². The molecule has 0 amide bonds. The molecule has 0 aliphatic heterocycles. The monoisotopic (exact) mass is 374 g/mol. The fourth-order valence-electron chi connectivity index (χ4n) is 4.05. The molecule has 3 rings (SSSR count). The van der Waals surface area contributed by atoms with Gasteiger partial charge in [-0.3, -0.25) is 0 Å². The molecule has 28 heavy (non-hydrogen) atoms. The van der Waals surface area contributed by atoms with E-state index in [1.807, 2.05) is 12.1 Å². The highest BCUT2D eigenvalue weighted by Gasteiger charge is 2.25. The molecule has 0 bridgehead atoms. The largest absolute Gasteiger partial charge is 0.496 e. The maximum atomic E-state index is 5.75. The van der Waals surface area contributed by atoms with Crippen LogP contribution in [0.15, 0.2) is 48.5 Å². The molecule has 3 aromatic carbocycles. The van der Waals surface area contributed by atoms with Crippen LogP contribution < -0.4 is 9.47 Å². The highest BCUT2D eigenvalue weighted by atomic mass is 16.5. The van der Waals surface area contributed by atoms with E-state index in [1.54, 1.807) is 14.2 Å². The lowest BCUT2D eigenvalue weighted by molar-refractivity contribution is 0.408. The lowest BCUT2D eigenvalue weighted by Gasteiger charge is -2.26. The van der Waals surface area contributed by atoms with Gasteiger partial charge in [0.05, 0.1) is 14.2 Å². The highest BCUT2D eigenvalue weighted by molar-refractivity contribution is 5.57. The number of aryl methyl sites for hydroxylation is 1. The fraction of sp³-hybridized carbons (Fsp3) is 0.308. The van der Waals surface area contributed by atoms with Crippen molar-refractivity contribution in [1.29, 1.82) is 0 Å². The van der Waals surface area contributed by atoms with Gasteiger partial charge in [-0.25, -0.2) is 0 Å². The van der Waals surface area contributed by atoms with Gasteiger partial charge < -0.3 is 9.47 Å². The predicted molar refractivity (Wildman–Crippen MR) is 117 cm³/mol. The number of ether oxygens (including phenoxy) is 2.